The second-order valence-electron chi connectivity index (χ2n) is 5.19. The van der Waals surface area contributed by atoms with Gasteiger partial charge in [0.05, 0.1) is 0 Å². The zero-order chi connectivity index (χ0) is 17.3. The van der Waals surface area contributed by atoms with Gasteiger partial charge in [-0.1, -0.05) is 6.42 Å². The number of rotatable bonds is 11. The first-order valence-electron chi connectivity index (χ1n) is 7.94. The first kappa shape index (κ1) is 20.2. The van der Waals surface area contributed by atoms with Crippen molar-refractivity contribution in [1.29, 1.82) is 0 Å². The average molecular weight is 350 g/mol. The minimum absolute atomic E-state index is 0.460. The molecule has 132 valence electrons. The predicted octanol–water partition coefficient (Wildman–Crippen LogP) is 3.23. The second kappa shape index (κ2) is 10.1. The van der Waals surface area contributed by atoms with Gasteiger partial charge in [-0.05, 0) is 50.8 Å². The van der Waals surface area contributed by atoms with Crippen molar-refractivity contribution in [3.63, 3.8) is 0 Å². The van der Waals surface area contributed by atoms with Crippen LogP contribution >= 0.6 is 0 Å². The van der Waals surface area contributed by atoms with Gasteiger partial charge in [0.15, 0.2) is 27.9 Å². The fourth-order valence-corrected chi connectivity index (χ4v) is 2.89. The molecule has 7 heteroatoms. The Kier molecular flexibility index (Phi) is 8.83. The molecular weight excluding hydrogens is 325 g/mol. The van der Waals surface area contributed by atoms with E-state index in [9.17, 15) is 13.2 Å². The van der Waals surface area contributed by atoms with Crippen LogP contribution in [0.2, 0.25) is 0 Å². The van der Waals surface area contributed by atoms with Gasteiger partial charge < -0.3 is 13.9 Å². The minimum atomic E-state index is -1.42. The highest BCUT2D eigenvalue weighted by molar-refractivity contribution is 5.98. The molecule has 1 aromatic rings. The molecule has 0 unspecified atom stereocenters. The third kappa shape index (κ3) is 6.25. The molecule has 0 N–H and O–H groups in total. The van der Waals surface area contributed by atoms with Crippen LogP contribution in [-0.4, -0.2) is 29.7 Å². The van der Waals surface area contributed by atoms with Crippen molar-refractivity contribution in [2.24, 2.45) is 0 Å². The largest absolute Gasteiger partial charge is 0.380 e. The maximum Gasteiger partial charge on any atom is 0.272 e. The van der Waals surface area contributed by atoms with Gasteiger partial charge in [0.2, 0.25) is 0 Å². The molecule has 0 bridgehead atoms. The van der Waals surface area contributed by atoms with Gasteiger partial charge in [-0.15, -0.1) is 0 Å². The molecule has 0 aliphatic carbocycles. The molecule has 1 aromatic carbocycles. The highest BCUT2D eigenvalue weighted by atomic mass is 28.2. The Morgan fingerprint density at radius 1 is 0.957 bits per heavy atom. The highest BCUT2D eigenvalue weighted by Gasteiger charge is 2.29. The van der Waals surface area contributed by atoms with Crippen LogP contribution in [0.25, 0.3) is 0 Å². The molecule has 0 heterocycles. The fraction of sp³-hybridized carbons (Fsp3) is 0.625. The maximum absolute atomic E-state index is 13.1. The van der Waals surface area contributed by atoms with Gasteiger partial charge in [-0.3, -0.25) is 0 Å². The normalized spacial score (nSPS) is 12.0. The molecule has 0 amide bonds. The number of unbranched alkanes of at least 4 members (excludes halogenated alkanes) is 2. The Morgan fingerprint density at radius 3 is 2.00 bits per heavy atom. The van der Waals surface area contributed by atoms with Gasteiger partial charge in [0.1, 0.15) is 0 Å². The van der Waals surface area contributed by atoms with E-state index in [2.05, 4.69) is 0 Å². The van der Waals surface area contributed by atoms with Crippen LogP contribution in [0.5, 0.6) is 0 Å². The van der Waals surface area contributed by atoms with E-state index in [1.165, 1.54) is 0 Å². The van der Waals surface area contributed by atoms with Crippen molar-refractivity contribution in [2.75, 3.05) is 13.2 Å². The molecule has 1 rings (SSSR count). The summed E-state index contributed by atoms with van der Waals surface area (Å²) in [5.41, 5.74) is 0.460. The molecule has 0 saturated heterocycles. The van der Waals surface area contributed by atoms with Crippen molar-refractivity contribution in [2.45, 2.75) is 51.9 Å². The average Bonchev–Trinajstić information content (AvgIpc) is 2.52. The molecule has 0 aliphatic rings. The summed E-state index contributed by atoms with van der Waals surface area (Å²) in [6.45, 7) is 4.75. The van der Waals surface area contributed by atoms with Crippen molar-refractivity contribution >= 4 is 10.5 Å². The molecule has 3 nitrogen and oxygen atoms in total. The van der Waals surface area contributed by atoms with Crippen LogP contribution in [0.3, 0.4) is 0 Å². The Morgan fingerprint density at radius 2 is 1.52 bits per heavy atom. The zero-order valence-corrected chi connectivity index (χ0v) is 16.0. The van der Waals surface area contributed by atoms with E-state index < -0.39 is 23.4 Å². The molecule has 0 saturated carbocycles. The lowest BCUT2D eigenvalue weighted by molar-refractivity contribution is -0.344. The van der Waals surface area contributed by atoms with Crippen LogP contribution in [-0.2, 0) is 20.3 Å². The predicted molar refractivity (Wildman–Crippen MR) is 85.5 cm³/mol. The number of benzene rings is 1. The standard InChI is InChI=1S/C16H25F3O3Si/c1-3-20-16(22-23,21-4-2)9-7-5-6-8-12-10-13(17)15(19)14(18)11-12/h10-11H,3-9H2,1-2,23H3. The van der Waals surface area contributed by atoms with Gasteiger partial charge in [-0.25, -0.2) is 13.2 Å². The fourth-order valence-electron chi connectivity index (χ4n) is 2.45. The van der Waals surface area contributed by atoms with Gasteiger partial charge >= 0.3 is 0 Å². The van der Waals surface area contributed by atoms with Crippen molar-refractivity contribution in [3.8, 4) is 0 Å². The molecule has 23 heavy (non-hydrogen) atoms. The summed E-state index contributed by atoms with van der Waals surface area (Å²) in [4.78, 5) is 0. The Hall–Kier alpha value is -0.893. The Bertz CT molecular complexity index is 457. The maximum atomic E-state index is 13.1. The summed E-state index contributed by atoms with van der Waals surface area (Å²) in [5, 5.41) is 0. The Balaban J connectivity index is 2.42. The zero-order valence-electron chi connectivity index (χ0n) is 14.0. The summed E-state index contributed by atoms with van der Waals surface area (Å²) in [6.07, 6.45) is 3.46. The van der Waals surface area contributed by atoms with E-state index in [4.69, 9.17) is 13.9 Å². The highest BCUT2D eigenvalue weighted by Crippen LogP contribution is 2.23. The topological polar surface area (TPSA) is 27.7 Å². The van der Waals surface area contributed by atoms with E-state index in [0.717, 1.165) is 31.4 Å². The van der Waals surface area contributed by atoms with Crippen LogP contribution in [0.1, 0.15) is 45.1 Å². The van der Waals surface area contributed by atoms with E-state index in [0.29, 0.717) is 42.1 Å². The molecule has 0 fully saturated rings. The van der Waals surface area contributed by atoms with Crippen molar-refractivity contribution in [3.05, 3.63) is 35.1 Å². The van der Waals surface area contributed by atoms with Crippen molar-refractivity contribution in [1.82, 2.24) is 0 Å². The number of aryl methyl sites for hydroxylation is 1. The lowest BCUT2D eigenvalue weighted by Crippen LogP contribution is -2.38. The first-order chi connectivity index (χ1) is 11.0. The van der Waals surface area contributed by atoms with Crippen LogP contribution in [0.15, 0.2) is 12.1 Å². The lowest BCUT2D eigenvalue weighted by Gasteiger charge is -2.31. The van der Waals surface area contributed by atoms with E-state index in [1.54, 1.807) is 0 Å². The summed E-state index contributed by atoms with van der Waals surface area (Å²) in [5.74, 6) is -4.67. The Labute approximate surface area is 138 Å². The number of hydrogen-bond donors (Lipinski definition) is 0. The summed E-state index contributed by atoms with van der Waals surface area (Å²) >= 11 is 0. The monoisotopic (exact) mass is 350 g/mol. The van der Waals surface area contributed by atoms with Crippen molar-refractivity contribution < 1.29 is 27.1 Å². The lowest BCUT2D eigenvalue weighted by atomic mass is 10.1. The number of halogens is 3. The molecular formula is C16H25F3O3Si. The smallest absolute Gasteiger partial charge is 0.272 e. The van der Waals surface area contributed by atoms with Crippen LogP contribution < -0.4 is 0 Å². The molecule has 0 aliphatic heterocycles. The van der Waals surface area contributed by atoms with Gasteiger partial charge in [-0.2, -0.15) is 0 Å². The summed E-state index contributed by atoms with van der Waals surface area (Å²) < 4.78 is 55.8. The van der Waals surface area contributed by atoms with Crippen LogP contribution in [0.4, 0.5) is 13.2 Å². The molecule has 0 spiro atoms. The second-order valence-corrected chi connectivity index (χ2v) is 5.60. The summed E-state index contributed by atoms with van der Waals surface area (Å²) in [6, 6.07) is 2.09. The first-order valence-corrected chi connectivity index (χ1v) is 8.76. The number of hydrogen-bond acceptors (Lipinski definition) is 3. The molecule has 0 atom stereocenters. The summed E-state index contributed by atoms with van der Waals surface area (Å²) in [7, 11) is 0.502. The SMILES string of the molecule is CCOC(CCCCCc1cc(F)c(F)c(F)c1)(O[SiH3])OCC. The molecule has 0 radical (unpaired) electrons. The molecule has 0 aromatic heterocycles. The third-order valence-electron chi connectivity index (χ3n) is 3.53. The third-order valence-corrected chi connectivity index (χ3v) is 4.15. The van der Waals surface area contributed by atoms with Gasteiger partial charge in [0.25, 0.3) is 5.97 Å². The minimum Gasteiger partial charge on any atom is -0.380 e. The van der Waals surface area contributed by atoms with Crippen LogP contribution in [0, 0.1) is 17.5 Å². The van der Waals surface area contributed by atoms with E-state index >= 15 is 0 Å². The van der Waals surface area contributed by atoms with E-state index in [-0.39, 0.29) is 0 Å². The quantitative estimate of drug-likeness (QED) is 0.265. The van der Waals surface area contributed by atoms with E-state index in [1.807, 2.05) is 13.8 Å². The van der Waals surface area contributed by atoms with Gasteiger partial charge in [0, 0.05) is 19.6 Å². The number of ether oxygens (including phenoxy) is 2.